The minimum atomic E-state index is -0.663. The molecule has 0 bridgehead atoms. The molecule has 9 nitrogen and oxygen atoms in total. The number of aryl methyl sites for hydroxylation is 2. The fourth-order valence-electron chi connectivity index (χ4n) is 3.68. The van der Waals surface area contributed by atoms with E-state index < -0.39 is 22.6 Å². The number of amides is 2. The normalized spacial score (nSPS) is 15.8. The molecule has 1 fully saturated rings. The van der Waals surface area contributed by atoms with Gasteiger partial charge in [0.2, 0.25) is 11.8 Å². The molecule has 3 aromatic rings. The molecule has 1 aliphatic rings. The Morgan fingerprint density at radius 2 is 1.91 bits per heavy atom. The molecule has 4 rings (SSSR count). The lowest BCUT2D eigenvalue weighted by Gasteiger charge is -2.18. The van der Waals surface area contributed by atoms with Gasteiger partial charge in [-0.2, -0.15) is 5.10 Å². The highest BCUT2D eigenvalue weighted by molar-refractivity contribution is 6.03. The van der Waals surface area contributed by atoms with Gasteiger partial charge in [-0.05, 0) is 43.7 Å². The van der Waals surface area contributed by atoms with Crippen LogP contribution in [0, 0.1) is 35.7 Å². The first kappa shape index (κ1) is 21.2. The van der Waals surface area contributed by atoms with Crippen LogP contribution in [0.3, 0.4) is 0 Å². The van der Waals surface area contributed by atoms with Gasteiger partial charge < -0.3 is 10.2 Å². The van der Waals surface area contributed by atoms with Gasteiger partial charge in [0.25, 0.3) is 5.69 Å². The van der Waals surface area contributed by atoms with Crippen LogP contribution >= 0.6 is 0 Å². The summed E-state index contributed by atoms with van der Waals surface area (Å²) in [4.78, 5) is 37.0. The highest BCUT2D eigenvalue weighted by Gasteiger charge is 2.36. The Morgan fingerprint density at radius 3 is 2.56 bits per heavy atom. The van der Waals surface area contributed by atoms with E-state index in [4.69, 9.17) is 0 Å². The Hall–Kier alpha value is -4.08. The number of nitro benzene ring substituents is 1. The van der Waals surface area contributed by atoms with Crippen molar-refractivity contribution in [1.82, 2.24) is 9.78 Å². The molecule has 1 atom stereocenters. The number of benzene rings is 2. The first-order valence-corrected chi connectivity index (χ1v) is 9.92. The maximum Gasteiger partial charge on any atom is 0.269 e. The highest BCUT2D eigenvalue weighted by Crippen LogP contribution is 2.29. The number of hydrogen-bond acceptors (Lipinski definition) is 5. The van der Waals surface area contributed by atoms with Crippen molar-refractivity contribution in [2.24, 2.45) is 5.92 Å². The van der Waals surface area contributed by atoms with E-state index in [0.29, 0.717) is 17.2 Å². The van der Waals surface area contributed by atoms with Gasteiger partial charge in [0.1, 0.15) is 11.6 Å². The lowest BCUT2D eigenvalue weighted by atomic mass is 10.1. The Balaban J connectivity index is 1.52. The van der Waals surface area contributed by atoms with Crippen LogP contribution < -0.4 is 10.2 Å². The lowest BCUT2D eigenvalue weighted by Crippen LogP contribution is -2.29. The third-order valence-corrected chi connectivity index (χ3v) is 5.28. The van der Waals surface area contributed by atoms with Crippen LogP contribution in [0.2, 0.25) is 0 Å². The van der Waals surface area contributed by atoms with Crippen molar-refractivity contribution in [3.8, 4) is 5.69 Å². The number of hydrogen-bond donors (Lipinski definition) is 1. The van der Waals surface area contributed by atoms with E-state index in [0.717, 1.165) is 5.56 Å². The van der Waals surface area contributed by atoms with Gasteiger partial charge in [-0.15, -0.1) is 0 Å². The van der Waals surface area contributed by atoms with E-state index in [2.05, 4.69) is 10.4 Å². The Bertz CT molecular complexity index is 1220. The summed E-state index contributed by atoms with van der Waals surface area (Å²) in [5.41, 5.74) is 2.00. The fourth-order valence-corrected chi connectivity index (χ4v) is 3.68. The largest absolute Gasteiger partial charge is 0.310 e. The number of nitrogens with zero attached hydrogens (tertiary/aromatic N) is 4. The predicted molar refractivity (Wildman–Crippen MR) is 115 cm³/mol. The number of nitrogens with one attached hydrogen (secondary N) is 1. The first-order valence-electron chi connectivity index (χ1n) is 9.92. The summed E-state index contributed by atoms with van der Waals surface area (Å²) in [5, 5.41) is 18.0. The van der Waals surface area contributed by atoms with Gasteiger partial charge in [-0.25, -0.2) is 9.07 Å². The summed E-state index contributed by atoms with van der Waals surface area (Å²) in [6, 6.07) is 12.0. The van der Waals surface area contributed by atoms with Crippen LogP contribution in [0.5, 0.6) is 0 Å². The second-order valence-electron chi connectivity index (χ2n) is 7.71. The summed E-state index contributed by atoms with van der Waals surface area (Å²) in [5.74, 6) is -1.52. The smallest absolute Gasteiger partial charge is 0.269 e. The van der Waals surface area contributed by atoms with Crippen molar-refractivity contribution in [2.45, 2.75) is 20.3 Å². The molecule has 2 heterocycles. The summed E-state index contributed by atoms with van der Waals surface area (Å²) < 4.78 is 15.8. The molecule has 0 radical (unpaired) electrons. The van der Waals surface area contributed by atoms with E-state index in [1.165, 1.54) is 46.0 Å². The van der Waals surface area contributed by atoms with Crippen LogP contribution in [0.25, 0.3) is 5.69 Å². The molecule has 32 heavy (non-hydrogen) atoms. The molecule has 2 aromatic carbocycles. The predicted octanol–water partition coefficient (Wildman–Crippen LogP) is 3.53. The number of rotatable bonds is 5. The monoisotopic (exact) mass is 437 g/mol. The van der Waals surface area contributed by atoms with Crippen LogP contribution in [-0.4, -0.2) is 33.1 Å². The number of carbonyl (C=O) groups excluding carboxylic acids is 2. The maximum atomic E-state index is 14.3. The topological polar surface area (TPSA) is 110 Å². The Kier molecular flexibility index (Phi) is 5.43. The average Bonchev–Trinajstić information content (AvgIpc) is 3.30. The molecule has 2 amide bonds. The van der Waals surface area contributed by atoms with E-state index in [1.54, 1.807) is 26.0 Å². The first-order chi connectivity index (χ1) is 15.2. The summed E-state index contributed by atoms with van der Waals surface area (Å²) in [6.07, 6.45) is -0.0379. The number of non-ortho nitro benzene ring substituents is 1. The Morgan fingerprint density at radius 1 is 1.19 bits per heavy atom. The Labute approximate surface area is 182 Å². The van der Waals surface area contributed by atoms with Gasteiger partial charge >= 0.3 is 0 Å². The van der Waals surface area contributed by atoms with Crippen LogP contribution in [0.15, 0.2) is 48.5 Å². The van der Waals surface area contributed by atoms with Crippen LogP contribution in [-0.2, 0) is 9.59 Å². The van der Waals surface area contributed by atoms with E-state index in [1.807, 2.05) is 0 Å². The molecule has 1 N–H and O–H groups in total. The number of carbonyl (C=O) groups is 2. The summed E-state index contributed by atoms with van der Waals surface area (Å²) in [7, 11) is 0. The van der Waals surface area contributed by atoms with Crippen molar-refractivity contribution in [2.75, 3.05) is 16.8 Å². The van der Waals surface area contributed by atoms with Crippen molar-refractivity contribution in [1.29, 1.82) is 0 Å². The zero-order valence-electron chi connectivity index (χ0n) is 17.4. The molecule has 1 aliphatic heterocycles. The van der Waals surface area contributed by atoms with Crippen molar-refractivity contribution in [3.05, 3.63) is 75.7 Å². The molecule has 0 aliphatic carbocycles. The van der Waals surface area contributed by atoms with Gasteiger partial charge in [-0.1, -0.05) is 6.07 Å². The maximum absolute atomic E-state index is 14.3. The van der Waals surface area contributed by atoms with Gasteiger partial charge in [0.15, 0.2) is 0 Å². The fraction of sp³-hybridized carbons (Fsp3) is 0.227. The van der Waals surface area contributed by atoms with Crippen molar-refractivity contribution < 1.29 is 18.9 Å². The van der Waals surface area contributed by atoms with Crippen molar-refractivity contribution >= 4 is 29.0 Å². The van der Waals surface area contributed by atoms with Gasteiger partial charge in [0.05, 0.1) is 27.9 Å². The number of anilines is 2. The summed E-state index contributed by atoms with van der Waals surface area (Å²) >= 11 is 0. The quantitative estimate of drug-likeness (QED) is 0.485. The molecule has 0 saturated carbocycles. The third-order valence-electron chi connectivity index (χ3n) is 5.28. The molecule has 1 aromatic heterocycles. The van der Waals surface area contributed by atoms with E-state index >= 15 is 0 Å². The average molecular weight is 437 g/mol. The van der Waals surface area contributed by atoms with Crippen LogP contribution in [0.4, 0.5) is 21.6 Å². The molecule has 0 spiro atoms. The van der Waals surface area contributed by atoms with Crippen LogP contribution in [0.1, 0.15) is 17.7 Å². The number of nitro groups is 1. The SMILES string of the molecule is Cc1ccc(N2CC(C(=O)Nc3cc(C)nn3-c3ccc([N+](=O)[O-])cc3)CC2=O)c(F)c1. The molecule has 10 heteroatoms. The second kappa shape index (κ2) is 8.22. The minimum absolute atomic E-state index is 0.0379. The zero-order chi connectivity index (χ0) is 23.0. The zero-order valence-corrected chi connectivity index (χ0v) is 17.4. The minimum Gasteiger partial charge on any atom is -0.310 e. The molecule has 1 unspecified atom stereocenters. The standard InChI is InChI=1S/C22H20FN5O4/c1-13-3-8-19(18(23)9-13)26-12-15(11-21(26)29)22(30)24-20-10-14(2)25-27(20)16-4-6-17(7-5-16)28(31)32/h3-10,15H,11-12H2,1-2H3,(H,24,30). The molecule has 164 valence electrons. The molecule has 1 saturated heterocycles. The van der Waals surface area contributed by atoms with E-state index in [9.17, 15) is 24.1 Å². The number of aromatic nitrogens is 2. The highest BCUT2D eigenvalue weighted by atomic mass is 19.1. The lowest BCUT2D eigenvalue weighted by molar-refractivity contribution is -0.384. The molecular formula is C22H20FN5O4. The summed E-state index contributed by atoms with van der Waals surface area (Å²) in [6.45, 7) is 3.57. The third kappa shape index (κ3) is 4.07. The van der Waals surface area contributed by atoms with E-state index in [-0.39, 0.29) is 30.2 Å². The second-order valence-corrected chi connectivity index (χ2v) is 7.71. The molecular weight excluding hydrogens is 417 g/mol. The van der Waals surface area contributed by atoms with Gasteiger partial charge in [-0.3, -0.25) is 19.7 Å². The van der Waals surface area contributed by atoms with Gasteiger partial charge in [0, 0.05) is 31.2 Å². The van der Waals surface area contributed by atoms with Crippen molar-refractivity contribution in [3.63, 3.8) is 0 Å². The number of halogens is 1.